The van der Waals surface area contributed by atoms with Crippen LogP contribution in [0.25, 0.3) is 11.2 Å². The van der Waals surface area contributed by atoms with Crippen LogP contribution in [-0.2, 0) is 18.6 Å². The quantitative estimate of drug-likeness (QED) is 0.521. The number of rotatable bonds is 4. The van der Waals surface area contributed by atoms with E-state index in [2.05, 4.69) is 27.2 Å². The number of nitrogen functional groups attached to an aromatic ring is 1. The molecule has 2 aliphatic heterocycles. The highest BCUT2D eigenvalue weighted by molar-refractivity contribution is 8.44. The molecule has 2 fully saturated rings. The highest BCUT2D eigenvalue weighted by Crippen LogP contribution is 2.56. The fraction of sp³-hybridized carbons (Fsp3) is 0.615. The third-order valence-electron chi connectivity index (χ3n) is 5.05. The van der Waals surface area contributed by atoms with E-state index in [9.17, 15) is 9.46 Å². The molecular weight excluding hydrogens is 369 g/mol. The van der Waals surface area contributed by atoms with Gasteiger partial charge in [-0.25, -0.2) is 19.5 Å². The third kappa shape index (κ3) is 2.57. The van der Waals surface area contributed by atoms with Gasteiger partial charge in [0.2, 0.25) is 0 Å². The van der Waals surface area contributed by atoms with Crippen LogP contribution in [-0.4, -0.2) is 48.8 Å². The van der Waals surface area contributed by atoms with E-state index < -0.39 is 18.6 Å². The number of thiol groups is 1. The molecule has 0 amide bonds. The van der Waals surface area contributed by atoms with Crippen LogP contribution in [0.5, 0.6) is 0 Å². The van der Waals surface area contributed by atoms with Crippen LogP contribution >= 0.6 is 19.0 Å². The maximum Gasteiger partial charge on any atom is 0.383 e. The van der Waals surface area contributed by atoms with Crippen LogP contribution in [0.4, 0.5) is 5.82 Å². The van der Waals surface area contributed by atoms with E-state index in [4.69, 9.17) is 19.7 Å². The van der Waals surface area contributed by atoms with Crippen molar-refractivity contribution in [1.82, 2.24) is 19.5 Å². The molecule has 6 atom stereocenters. The van der Waals surface area contributed by atoms with Crippen molar-refractivity contribution in [3.8, 4) is 0 Å². The average Bonchev–Trinajstić information content (AvgIpc) is 3.14. The van der Waals surface area contributed by atoms with Gasteiger partial charge in [0.1, 0.15) is 23.5 Å². The molecule has 2 aromatic rings. The average molecular weight is 387 g/mol. The molecule has 0 spiro atoms. The minimum absolute atomic E-state index is 0.0796. The molecule has 4 heterocycles. The van der Waals surface area contributed by atoms with Gasteiger partial charge in [0.05, 0.1) is 19.0 Å². The molecule has 2 aliphatic rings. The number of fused-ring (bicyclic) bond motifs is 3. The summed E-state index contributed by atoms with van der Waals surface area (Å²) in [5, 5.41) is 0. The lowest BCUT2D eigenvalue weighted by Crippen LogP contribution is -2.47. The van der Waals surface area contributed by atoms with E-state index in [1.807, 2.05) is 13.8 Å². The lowest BCUT2D eigenvalue weighted by Gasteiger charge is -2.36. The molecule has 4 rings (SSSR count). The Kier molecular flexibility index (Phi) is 3.87. The summed E-state index contributed by atoms with van der Waals surface area (Å²) in [5.74, 6) is 0.201. The van der Waals surface area contributed by atoms with Crippen LogP contribution in [0.15, 0.2) is 12.7 Å². The topological polar surface area (TPSA) is 135 Å². The van der Waals surface area contributed by atoms with Gasteiger partial charge in [-0.1, -0.05) is 19.2 Å². The Hall–Kier alpha value is -1.23. The molecule has 25 heavy (non-hydrogen) atoms. The SMILES string of the molecule is CC1[C@@H]2O[C@@H](C)[C@]1(COP(=O)(O)S)O[C@H]2n1cnc2c(N)ncnc21. The summed E-state index contributed by atoms with van der Waals surface area (Å²) in [4.78, 5) is 21.8. The fourth-order valence-electron chi connectivity index (χ4n) is 3.67. The number of hydrogen-bond donors (Lipinski definition) is 3. The molecule has 0 saturated carbocycles. The second-order valence-electron chi connectivity index (χ2n) is 6.34. The lowest BCUT2D eigenvalue weighted by molar-refractivity contribution is -0.213. The fourth-order valence-corrected chi connectivity index (χ4v) is 4.21. The summed E-state index contributed by atoms with van der Waals surface area (Å²) >= 11 is 3.56. The van der Waals surface area contributed by atoms with Crippen molar-refractivity contribution in [2.75, 3.05) is 12.3 Å². The second kappa shape index (κ2) is 5.63. The van der Waals surface area contributed by atoms with Crippen molar-refractivity contribution in [3.63, 3.8) is 0 Å². The van der Waals surface area contributed by atoms with Crippen LogP contribution in [0.1, 0.15) is 20.1 Å². The summed E-state index contributed by atoms with van der Waals surface area (Å²) in [6, 6.07) is 0. The Morgan fingerprint density at radius 2 is 2.24 bits per heavy atom. The Morgan fingerprint density at radius 1 is 1.48 bits per heavy atom. The maximum absolute atomic E-state index is 11.4. The van der Waals surface area contributed by atoms with Gasteiger partial charge in [-0.2, -0.15) is 0 Å². The summed E-state index contributed by atoms with van der Waals surface area (Å²) in [6.45, 7) is -0.230. The van der Waals surface area contributed by atoms with Crippen LogP contribution < -0.4 is 5.73 Å². The number of hydrogen-bond acceptors (Lipinski definition) is 8. The van der Waals surface area contributed by atoms with E-state index in [1.54, 1.807) is 10.9 Å². The number of aromatic nitrogens is 4. The normalized spacial score (nSPS) is 36.8. The van der Waals surface area contributed by atoms with E-state index in [0.717, 1.165) is 0 Å². The molecule has 10 nitrogen and oxygen atoms in total. The van der Waals surface area contributed by atoms with Crippen molar-refractivity contribution in [1.29, 1.82) is 0 Å². The Balaban J connectivity index is 1.69. The van der Waals surface area contributed by atoms with Crippen LogP contribution in [0.2, 0.25) is 0 Å². The van der Waals surface area contributed by atoms with Crippen molar-refractivity contribution >= 4 is 36.0 Å². The first kappa shape index (κ1) is 17.2. The zero-order chi connectivity index (χ0) is 18.0. The summed E-state index contributed by atoms with van der Waals surface area (Å²) in [5.41, 5.74) is 5.97. The Morgan fingerprint density at radius 3 is 2.96 bits per heavy atom. The molecule has 0 aromatic carbocycles. The van der Waals surface area contributed by atoms with Gasteiger partial charge in [0.25, 0.3) is 0 Å². The molecule has 2 unspecified atom stereocenters. The summed E-state index contributed by atoms with van der Waals surface area (Å²) in [6.07, 6.45) is 1.83. The first-order valence-corrected chi connectivity index (χ1v) is 10.4. The molecule has 2 bridgehead atoms. The Bertz CT molecular complexity index is 874. The smallest absolute Gasteiger partial charge is 0.382 e. The first-order valence-electron chi connectivity index (χ1n) is 7.69. The predicted octanol–water partition coefficient (Wildman–Crippen LogP) is 1.15. The number of nitrogens with two attached hydrogens (primary N) is 1. The highest BCUT2D eigenvalue weighted by Gasteiger charge is 2.64. The van der Waals surface area contributed by atoms with Crippen molar-refractivity contribution in [3.05, 3.63) is 12.7 Å². The molecule has 0 aliphatic carbocycles. The van der Waals surface area contributed by atoms with Crippen LogP contribution in [0.3, 0.4) is 0 Å². The van der Waals surface area contributed by atoms with E-state index in [0.29, 0.717) is 11.2 Å². The number of ether oxygens (including phenoxy) is 2. The van der Waals surface area contributed by atoms with Gasteiger partial charge in [-0.05, 0) is 6.92 Å². The van der Waals surface area contributed by atoms with Gasteiger partial charge >= 0.3 is 6.80 Å². The Labute approximate surface area is 148 Å². The molecule has 3 N–H and O–H groups in total. The second-order valence-corrected chi connectivity index (χ2v) is 9.10. The zero-order valence-electron chi connectivity index (χ0n) is 13.5. The predicted molar refractivity (Wildman–Crippen MR) is 90.9 cm³/mol. The number of nitrogens with zero attached hydrogens (tertiary/aromatic N) is 4. The standard InChI is InChI=1S/C13H18N5O5PS/c1-6-9-12(18-5-17-8-10(14)15-4-16-11(8)18)23-13(6,7(2)22-9)3-21-24(19,20)25/h4-7,9,12H,3H2,1-2H3,(H2,14,15,16)(H2,19,20,25)/t6?,7-,9-,12+,13+/m0/s1. The minimum Gasteiger partial charge on any atom is -0.382 e. The molecule has 12 heteroatoms. The first-order chi connectivity index (χ1) is 11.7. The van der Waals surface area contributed by atoms with Gasteiger partial charge in [0.15, 0.2) is 17.7 Å². The highest BCUT2D eigenvalue weighted by atomic mass is 32.7. The van der Waals surface area contributed by atoms with Crippen molar-refractivity contribution in [2.45, 2.75) is 37.9 Å². The number of anilines is 1. The summed E-state index contributed by atoms with van der Waals surface area (Å²) in [7, 11) is 0. The van der Waals surface area contributed by atoms with Gasteiger partial charge in [-0.15, -0.1) is 0 Å². The van der Waals surface area contributed by atoms with E-state index in [-0.39, 0.29) is 30.6 Å². The monoisotopic (exact) mass is 387 g/mol. The van der Waals surface area contributed by atoms with Gasteiger partial charge in [-0.3, -0.25) is 9.09 Å². The van der Waals surface area contributed by atoms with Crippen molar-refractivity contribution in [2.24, 2.45) is 5.92 Å². The molecule has 2 saturated heterocycles. The largest absolute Gasteiger partial charge is 0.383 e. The lowest BCUT2D eigenvalue weighted by atomic mass is 9.87. The molecule has 136 valence electrons. The minimum atomic E-state index is -3.93. The summed E-state index contributed by atoms with van der Waals surface area (Å²) < 4.78 is 30.5. The molecule has 0 radical (unpaired) electrons. The van der Waals surface area contributed by atoms with Gasteiger partial charge in [0, 0.05) is 5.92 Å². The zero-order valence-corrected chi connectivity index (χ0v) is 15.3. The van der Waals surface area contributed by atoms with E-state index >= 15 is 0 Å². The third-order valence-corrected chi connectivity index (χ3v) is 5.87. The van der Waals surface area contributed by atoms with Gasteiger partial charge < -0.3 is 20.1 Å². The van der Waals surface area contributed by atoms with Crippen molar-refractivity contribution < 1.29 is 23.5 Å². The molecule has 2 aromatic heterocycles. The van der Waals surface area contributed by atoms with Crippen LogP contribution in [0, 0.1) is 5.92 Å². The van der Waals surface area contributed by atoms with E-state index in [1.165, 1.54) is 6.33 Å². The number of imidazole rings is 1. The molecular formula is C13H18N5O5PS. The maximum atomic E-state index is 11.4.